The molecule has 0 saturated carbocycles. The van der Waals surface area contributed by atoms with Crippen LogP contribution in [0, 0.1) is 6.92 Å². The van der Waals surface area contributed by atoms with Crippen molar-refractivity contribution >= 4 is 33.5 Å². The van der Waals surface area contributed by atoms with Crippen molar-refractivity contribution in [2.24, 2.45) is 0 Å². The molecule has 2 aromatic rings. The number of amides is 1. The molecule has 0 saturated heterocycles. The second-order valence-electron chi connectivity index (χ2n) is 4.30. The van der Waals surface area contributed by atoms with Crippen LogP contribution in [0.2, 0.25) is 0 Å². The Hall–Kier alpha value is -2.14. The number of anilines is 1. The fraction of sp³-hybridized carbons (Fsp3) is 0.0667. The van der Waals surface area contributed by atoms with Crippen molar-refractivity contribution in [3.63, 3.8) is 0 Å². The highest BCUT2D eigenvalue weighted by molar-refractivity contribution is 9.10. The van der Waals surface area contributed by atoms with Gasteiger partial charge in [-0.1, -0.05) is 34.1 Å². The normalized spacial score (nSPS) is 10.1. The lowest BCUT2D eigenvalue weighted by molar-refractivity contribution is 0.0696. The molecule has 0 unspecified atom stereocenters. The van der Waals surface area contributed by atoms with Gasteiger partial charge in [0.1, 0.15) is 0 Å². The van der Waals surface area contributed by atoms with Crippen LogP contribution in [0.25, 0.3) is 0 Å². The minimum atomic E-state index is -1.04. The molecule has 0 aliphatic heterocycles. The Bertz CT molecular complexity index is 683. The zero-order valence-electron chi connectivity index (χ0n) is 10.7. The van der Waals surface area contributed by atoms with Gasteiger partial charge in [0.15, 0.2) is 0 Å². The Balaban J connectivity index is 2.28. The second-order valence-corrected chi connectivity index (χ2v) is 5.22. The Morgan fingerprint density at radius 2 is 1.85 bits per heavy atom. The number of nitrogens with one attached hydrogen (secondary N) is 1. The quantitative estimate of drug-likeness (QED) is 0.899. The minimum absolute atomic E-state index is 0.111. The number of carbonyl (C=O) groups excluding carboxylic acids is 1. The first-order valence-electron chi connectivity index (χ1n) is 5.88. The maximum absolute atomic E-state index is 12.2. The molecule has 2 aromatic carbocycles. The Labute approximate surface area is 124 Å². The number of carbonyl (C=O) groups is 2. The average Bonchev–Trinajstić information content (AvgIpc) is 2.38. The van der Waals surface area contributed by atoms with Crippen molar-refractivity contribution in [2.75, 3.05) is 5.32 Å². The SMILES string of the molecule is Cc1ccccc1C(=O)Nc1cc(Br)cc(C(=O)O)c1. The van der Waals surface area contributed by atoms with Crippen LogP contribution in [0.4, 0.5) is 5.69 Å². The number of hydrogen-bond donors (Lipinski definition) is 2. The summed E-state index contributed by atoms with van der Waals surface area (Å²) in [5.41, 5.74) is 1.97. The van der Waals surface area contributed by atoms with Crippen LogP contribution in [0.1, 0.15) is 26.3 Å². The van der Waals surface area contributed by atoms with E-state index >= 15 is 0 Å². The number of carboxylic acid groups (broad SMARTS) is 1. The summed E-state index contributed by atoms with van der Waals surface area (Å²) in [4.78, 5) is 23.1. The standard InChI is InChI=1S/C15H12BrNO3/c1-9-4-2-3-5-13(9)14(18)17-12-7-10(15(19)20)6-11(16)8-12/h2-8H,1H3,(H,17,18)(H,19,20). The molecule has 5 heteroatoms. The highest BCUT2D eigenvalue weighted by atomic mass is 79.9. The molecule has 2 N–H and O–H groups in total. The highest BCUT2D eigenvalue weighted by Gasteiger charge is 2.11. The van der Waals surface area contributed by atoms with Crippen molar-refractivity contribution in [1.29, 1.82) is 0 Å². The van der Waals surface area contributed by atoms with Crippen LogP contribution < -0.4 is 5.32 Å². The van der Waals surface area contributed by atoms with Gasteiger partial charge in [0.25, 0.3) is 5.91 Å². The smallest absolute Gasteiger partial charge is 0.335 e. The van der Waals surface area contributed by atoms with Gasteiger partial charge in [-0.05, 0) is 36.8 Å². The van der Waals surface area contributed by atoms with Gasteiger partial charge in [0, 0.05) is 15.7 Å². The molecule has 2 rings (SSSR count). The molecule has 0 bridgehead atoms. The summed E-state index contributed by atoms with van der Waals surface area (Å²) in [6.07, 6.45) is 0. The lowest BCUT2D eigenvalue weighted by Gasteiger charge is -2.09. The molecule has 0 aliphatic rings. The Morgan fingerprint density at radius 1 is 1.15 bits per heavy atom. The van der Waals surface area contributed by atoms with E-state index in [2.05, 4.69) is 21.2 Å². The highest BCUT2D eigenvalue weighted by Crippen LogP contribution is 2.21. The summed E-state index contributed by atoms with van der Waals surface area (Å²) in [7, 11) is 0. The summed E-state index contributed by atoms with van der Waals surface area (Å²) in [6.45, 7) is 1.85. The number of aromatic carboxylic acids is 1. The fourth-order valence-electron chi connectivity index (χ4n) is 1.81. The molecular formula is C15H12BrNO3. The van der Waals surface area contributed by atoms with E-state index in [-0.39, 0.29) is 11.5 Å². The first-order valence-corrected chi connectivity index (χ1v) is 6.67. The van der Waals surface area contributed by atoms with Crippen LogP contribution in [0.3, 0.4) is 0 Å². The van der Waals surface area contributed by atoms with Gasteiger partial charge in [0.05, 0.1) is 5.56 Å². The number of rotatable bonds is 3. The topological polar surface area (TPSA) is 66.4 Å². The Morgan fingerprint density at radius 3 is 2.50 bits per heavy atom. The molecule has 0 heterocycles. The van der Waals surface area contributed by atoms with Crippen molar-refractivity contribution in [3.8, 4) is 0 Å². The van der Waals surface area contributed by atoms with Crippen LogP contribution in [-0.4, -0.2) is 17.0 Å². The zero-order valence-corrected chi connectivity index (χ0v) is 12.3. The molecule has 0 radical (unpaired) electrons. The predicted molar refractivity (Wildman–Crippen MR) is 80.2 cm³/mol. The van der Waals surface area contributed by atoms with E-state index in [9.17, 15) is 9.59 Å². The van der Waals surface area contributed by atoms with E-state index in [1.54, 1.807) is 18.2 Å². The molecular weight excluding hydrogens is 322 g/mol. The zero-order chi connectivity index (χ0) is 14.7. The average molecular weight is 334 g/mol. The molecule has 102 valence electrons. The van der Waals surface area contributed by atoms with Crippen molar-refractivity contribution in [2.45, 2.75) is 6.92 Å². The van der Waals surface area contributed by atoms with Gasteiger partial charge < -0.3 is 10.4 Å². The number of carboxylic acids is 1. The first kappa shape index (κ1) is 14.3. The predicted octanol–water partition coefficient (Wildman–Crippen LogP) is 3.71. The summed E-state index contributed by atoms with van der Waals surface area (Å²) in [6, 6.07) is 11.8. The van der Waals surface area contributed by atoms with E-state index in [0.717, 1.165) is 5.56 Å². The molecule has 1 amide bonds. The Kier molecular flexibility index (Phi) is 4.20. The lowest BCUT2D eigenvalue weighted by Crippen LogP contribution is -2.13. The van der Waals surface area contributed by atoms with Crippen molar-refractivity contribution in [1.82, 2.24) is 0 Å². The third-order valence-electron chi connectivity index (χ3n) is 2.79. The lowest BCUT2D eigenvalue weighted by atomic mass is 10.1. The third kappa shape index (κ3) is 3.24. The van der Waals surface area contributed by atoms with Gasteiger partial charge in [-0.2, -0.15) is 0 Å². The van der Waals surface area contributed by atoms with Gasteiger partial charge in [-0.15, -0.1) is 0 Å². The number of benzene rings is 2. The minimum Gasteiger partial charge on any atom is -0.478 e. The molecule has 0 fully saturated rings. The first-order chi connectivity index (χ1) is 9.47. The number of aryl methyl sites for hydroxylation is 1. The second kappa shape index (κ2) is 5.88. The largest absolute Gasteiger partial charge is 0.478 e. The molecule has 0 aromatic heterocycles. The van der Waals surface area contributed by atoms with Crippen molar-refractivity contribution < 1.29 is 14.7 Å². The maximum atomic E-state index is 12.2. The number of hydrogen-bond acceptors (Lipinski definition) is 2. The number of halogens is 1. The van der Waals surface area contributed by atoms with Gasteiger partial charge >= 0.3 is 5.97 Å². The van der Waals surface area contributed by atoms with Gasteiger partial charge in [-0.25, -0.2) is 4.79 Å². The third-order valence-corrected chi connectivity index (χ3v) is 3.25. The monoisotopic (exact) mass is 333 g/mol. The van der Waals surface area contributed by atoms with Crippen LogP contribution in [-0.2, 0) is 0 Å². The summed E-state index contributed by atoms with van der Waals surface area (Å²) in [5, 5.41) is 11.7. The van der Waals surface area contributed by atoms with Gasteiger partial charge in [-0.3, -0.25) is 4.79 Å². The van der Waals surface area contributed by atoms with E-state index in [0.29, 0.717) is 15.7 Å². The van der Waals surface area contributed by atoms with E-state index < -0.39 is 5.97 Å². The van der Waals surface area contributed by atoms with Crippen molar-refractivity contribution in [3.05, 3.63) is 63.6 Å². The van der Waals surface area contributed by atoms with E-state index in [4.69, 9.17) is 5.11 Å². The molecule has 0 aliphatic carbocycles. The molecule has 20 heavy (non-hydrogen) atoms. The van der Waals surface area contributed by atoms with Crippen LogP contribution >= 0.6 is 15.9 Å². The maximum Gasteiger partial charge on any atom is 0.335 e. The van der Waals surface area contributed by atoms with Crippen LogP contribution in [0.5, 0.6) is 0 Å². The molecule has 4 nitrogen and oxygen atoms in total. The summed E-state index contributed by atoms with van der Waals surface area (Å²) in [5.74, 6) is -1.31. The summed E-state index contributed by atoms with van der Waals surface area (Å²) < 4.78 is 0.595. The summed E-state index contributed by atoms with van der Waals surface area (Å²) >= 11 is 3.23. The fourth-order valence-corrected chi connectivity index (χ4v) is 2.30. The van der Waals surface area contributed by atoms with Crippen LogP contribution in [0.15, 0.2) is 46.9 Å². The van der Waals surface area contributed by atoms with E-state index in [1.165, 1.54) is 12.1 Å². The van der Waals surface area contributed by atoms with Gasteiger partial charge in [0.2, 0.25) is 0 Å². The molecule has 0 spiro atoms. The molecule has 0 atom stereocenters. The van der Waals surface area contributed by atoms with E-state index in [1.807, 2.05) is 19.1 Å².